The molecule has 1 unspecified atom stereocenters. The average molecular weight is 357 g/mol. The lowest BCUT2D eigenvalue weighted by atomic mass is 10.2. The number of guanidine groups is 1. The second-order valence-corrected chi connectivity index (χ2v) is 5.88. The minimum atomic E-state index is -3.01. The molecule has 2 rings (SSSR count). The van der Waals surface area contributed by atoms with Crippen LogP contribution in [-0.2, 0) is 6.54 Å². The molecule has 0 fully saturated rings. The average Bonchev–Trinajstić information content (AvgIpc) is 3.07. The van der Waals surface area contributed by atoms with Gasteiger partial charge in [-0.2, -0.15) is 8.78 Å². The summed E-state index contributed by atoms with van der Waals surface area (Å²) in [5, 5.41) is 8.04. The van der Waals surface area contributed by atoms with Gasteiger partial charge in [0.1, 0.15) is 11.6 Å². The maximum Gasteiger partial charge on any atom is 0.387 e. The highest BCUT2D eigenvalue weighted by molar-refractivity contribution is 7.10. The van der Waals surface area contributed by atoms with Crippen LogP contribution in [-0.4, -0.2) is 19.6 Å². The van der Waals surface area contributed by atoms with Gasteiger partial charge in [-0.15, -0.1) is 11.3 Å². The second-order valence-electron chi connectivity index (χ2n) is 4.90. The molecule has 0 spiro atoms. The van der Waals surface area contributed by atoms with Crippen LogP contribution >= 0.6 is 11.3 Å². The second kappa shape index (κ2) is 8.58. The molecule has 8 heteroatoms. The zero-order valence-electron chi connectivity index (χ0n) is 13.2. The van der Waals surface area contributed by atoms with E-state index in [9.17, 15) is 13.2 Å². The summed E-state index contributed by atoms with van der Waals surface area (Å²) in [6.07, 6.45) is 0. The van der Waals surface area contributed by atoms with Gasteiger partial charge in [0.15, 0.2) is 5.96 Å². The SMILES string of the molecule is CN=C(NCc1c(F)cccc1OC(F)F)NC(C)c1cccs1. The fraction of sp³-hybridized carbons (Fsp3) is 0.312. The van der Waals surface area contributed by atoms with Crippen molar-refractivity contribution in [1.29, 1.82) is 0 Å². The number of ether oxygens (including phenoxy) is 1. The van der Waals surface area contributed by atoms with Crippen LogP contribution in [0, 0.1) is 5.82 Å². The summed E-state index contributed by atoms with van der Waals surface area (Å²) in [7, 11) is 1.58. The Bertz CT molecular complexity index is 677. The van der Waals surface area contributed by atoms with Crippen molar-refractivity contribution >= 4 is 17.3 Å². The lowest BCUT2D eigenvalue weighted by molar-refractivity contribution is -0.0506. The van der Waals surface area contributed by atoms with Crippen molar-refractivity contribution in [2.75, 3.05) is 7.05 Å². The Hall–Kier alpha value is -2.22. The van der Waals surface area contributed by atoms with Crippen molar-refractivity contribution in [1.82, 2.24) is 10.6 Å². The Labute approximate surface area is 142 Å². The number of alkyl halides is 2. The molecule has 2 aromatic rings. The minimum Gasteiger partial charge on any atom is -0.434 e. The van der Waals surface area contributed by atoms with Crippen molar-refractivity contribution in [3.05, 3.63) is 52.0 Å². The van der Waals surface area contributed by atoms with E-state index in [1.165, 1.54) is 18.2 Å². The van der Waals surface area contributed by atoms with Crippen molar-refractivity contribution in [2.45, 2.75) is 26.1 Å². The molecule has 24 heavy (non-hydrogen) atoms. The summed E-state index contributed by atoms with van der Waals surface area (Å²) in [5.74, 6) is -0.385. The molecule has 4 nitrogen and oxygen atoms in total. The standard InChI is InChI=1S/C16H18F3N3OS/c1-10(14-7-4-8-24-14)22-16(20-2)21-9-11-12(17)5-3-6-13(11)23-15(18)19/h3-8,10,15H,9H2,1-2H3,(H2,20,21,22). The zero-order valence-corrected chi connectivity index (χ0v) is 14.0. The summed E-state index contributed by atoms with van der Waals surface area (Å²) >= 11 is 1.60. The van der Waals surface area contributed by atoms with Gasteiger partial charge in [-0.1, -0.05) is 12.1 Å². The Morgan fingerprint density at radius 2 is 2.08 bits per heavy atom. The maximum atomic E-state index is 13.9. The molecule has 0 aliphatic heterocycles. The summed E-state index contributed by atoms with van der Waals surface area (Å²) in [6, 6.07) is 7.76. The molecule has 0 bridgehead atoms. The van der Waals surface area contributed by atoms with Gasteiger partial charge in [-0.25, -0.2) is 4.39 Å². The van der Waals surface area contributed by atoms with Gasteiger partial charge in [0.2, 0.25) is 0 Å². The van der Waals surface area contributed by atoms with Gasteiger partial charge in [0.25, 0.3) is 0 Å². The molecule has 0 aliphatic rings. The largest absolute Gasteiger partial charge is 0.434 e. The maximum absolute atomic E-state index is 13.9. The van der Waals surface area contributed by atoms with E-state index in [1.54, 1.807) is 18.4 Å². The van der Waals surface area contributed by atoms with Crippen molar-refractivity contribution < 1.29 is 17.9 Å². The highest BCUT2D eigenvalue weighted by Gasteiger charge is 2.15. The molecule has 0 saturated carbocycles. The molecule has 2 N–H and O–H groups in total. The highest BCUT2D eigenvalue weighted by atomic mass is 32.1. The van der Waals surface area contributed by atoms with Crippen molar-refractivity contribution in [3.8, 4) is 5.75 Å². The normalized spacial score (nSPS) is 13.0. The van der Waals surface area contributed by atoms with E-state index >= 15 is 0 Å². The number of rotatable bonds is 6. The van der Waals surface area contributed by atoms with E-state index in [-0.39, 0.29) is 23.9 Å². The number of nitrogens with zero attached hydrogens (tertiary/aromatic N) is 1. The molecule has 0 saturated heterocycles. The van der Waals surface area contributed by atoms with Gasteiger partial charge in [-0.05, 0) is 30.5 Å². The van der Waals surface area contributed by atoms with Gasteiger partial charge in [0.05, 0.1) is 6.04 Å². The molecule has 1 heterocycles. The molecular weight excluding hydrogens is 339 g/mol. The first-order valence-corrected chi connectivity index (χ1v) is 8.12. The molecule has 1 atom stereocenters. The van der Waals surface area contributed by atoms with E-state index in [0.717, 1.165) is 4.88 Å². The van der Waals surface area contributed by atoms with Crippen LogP contribution in [0.2, 0.25) is 0 Å². The van der Waals surface area contributed by atoms with E-state index in [2.05, 4.69) is 20.4 Å². The smallest absolute Gasteiger partial charge is 0.387 e. The van der Waals surface area contributed by atoms with E-state index in [4.69, 9.17) is 0 Å². The van der Waals surface area contributed by atoms with Crippen LogP contribution < -0.4 is 15.4 Å². The summed E-state index contributed by atoms with van der Waals surface area (Å²) in [4.78, 5) is 5.18. The van der Waals surface area contributed by atoms with Crippen LogP contribution in [0.4, 0.5) is 13.2 Å². The molecule has 0 aliphatic carbocycles. The van der Waals surface area contributed by atoms with Crippen LogP contribution in [0.25, 0.3) is 0 Å². The van der Waals surface area contributed by atoms with Gasteiger partial charge in [0, 0.05) is 24.0 Å². The Kier molecular flexibility index (Phi) is 6.48. The number of halogens is 3. The van der Waals surface area contributed by atoms with Gasteiger partial charge < -0.3 is 15.4 Å². The third-order valence-electron chi connectivity index (χ3n) is 3.27. The number of hydrogen-bond acceptors (Lipinski definition) is 3. The summed E-state index contributed by atoms with van der Waals surface area (Å²) < 4.78 is 43.1. The highest BCUT2D eigenvalue weighted by Crippen LogP contribution is 2.23. The number of benzene rings is 1. The molecule has 0 radical (unpaired) electrons. The lowest BCUT2D eigenvalue weighted by Crippen LogP contribution is -2.38. The monoisotopic (exact) mass is 357 g/mol. The van der Waals surface area contributed by atoms with E-state index < -0.39 is 12.4 Å². The fourth-order valence-corrected chi connectivity index (χ4v) is 2.83. The van der Waals surface area contributed by atoms with Crippen molar-refractivity contribution in [2.24, 2.45) is 4.99 Å². The van der Waals surface area contributed by atoms with Crippen LogP contribution in [0.15, 0.2) is 40.7 Å². The number of aliphatic imine (C=N–C) groups is 1. The molecule has 1 aromatic carbocycles. The van der Waals surface area contributed by atoms with E-state index in [0.29, 0.717) is 5.96 Å². The topological polar surface area (TPSA) is 45.7 Å². The predicted molar refractivity (Wildman–Crippen MR) is 89.1 cm³/mol. The van der Waals surface area contributed by atoms with E-state index in [1.807, 2.05) is 24.4 Å². The fourth-order valence-electron chi connectivity index (χ4n) is 2.10. The Balaban J connectivity index is 2.03. The summed E-state index contributed by atoms with van der Waals surface area (Å²) in [6.45, 7) is -1.08. The summed E-state index contributed by atoms with van der Waals surface area (Å²) in [5.41, 5.74) is 0.0181. The third-order valence-corrected chi connectivity index (χ3v) is 4.33. The molecule has 0 amide bonds. The van der Waals surface area contributed by atoms with Crippen LogP contribution in [0.1, 0.15) is 23.4 Å². The predicted octanol–water partition coefficient (Wildman–Crippen LogP) is 3.91. The van der Waals surface area contributed by atoms with Gasteiger partial charge in [-0.3, -0.25) is 4.99 Å². The number of thiophene rings is 1. The first-order valence-electron chi connectivity index (χ1n) is 7.24. The number of hydrogen-bond donors (Lipinski definition) is 2. The first-order chi connectivity index (χ1) is 11.5. The number of nitrogens with one attached hydrogen (secondary N) is 2. The minimum absolute atomic E-state index is 0.00797. The quantitative estimate of drug-likeness (QED) is 0.609. The first kappa shape index (κ1) is 18.1. The van der Waals surface area contributed by atoms with Crippen LogP contribution in [0.3, 0.4) is 0 Å². The molecular formula is C16H18F3N3OS. The lowest BCUT2D eigenvalue weighted by Gasteiger charge is -2.18. The third kappa shape index (κ3) is 4.89. The zero-order chi connectivity index (χ0) is 17.5. The van der Waals surface area contributed by atoms with Crippen molar-refractivity contribution in [3.63, 3.8) is 0 Å². The molecule has 1 aromatic heterocycles. The van der Waals surface area contributed by atoms with Gasteiger partial charge >= 0.3 is 6.61 Å². The van der Waals surface area contributed by atoms with Crippen LogP contribution in [0.5, 0.6) is 5.75 Å². The Morgan fingerprint density at radius 3 is 2.71 bits per heavy atom. The Morgan fingerprint density at radius 1 is 1.29 bits per heavy atom. The molecule has 130 valence electrons.